The average molecular weight is 466 g/mol. The number of halogens is 3. The first-order chi connectivity index (χ1) is 14.8. The number of hydrogen-bond donors (Lipinski definition) is 0. The summed E-state index contributed by atoms with van der Waals surface area (Å²) in [5.74, 6) is 0. The minimum atomic E-state index is -4.13. The zero-order valence-corrected chi connectivity index (χ0v) is 19.4. The van der Waals surface area contributed by atoms with E-state index in [-0.39, 0.29) is 19.3 Å². The Kier molecular flexibility index (Phi) is 6.49. The number of alkyl halides is 3. The molecule has 3 nitrogen and oxygen atoms in total. The molecule has 3 aromatic rings. The normalized spacial score (nSPS) is 16.5. The predicted molar refractivity (Wildman–Crippen MR) is 120 cm³/mol. The number of aryl methyl sites for hydroxylation is 3. The summed E-state index contributed by atoms with van der Waals surface area (Å²) in [6, 6.07) is 3.83. The molecule has 3 aromatic heterocycles. The van der Waals surface area contributed by atoms with Crippen LogP contribution < -0.4 is 0 Å². The maximum atomic E-state index is 13.7. The minimum absolute atomic E-state index is 0.154. The van der Waals surface area contributed by atoms with Crippen LogP contribution in [0.5, 0.6) is 0 Å². The van der Waals surface area contributed by atoms with Crippen LogP contribution in [0.15, 0.2) is 23.7 Å². The van der Waals surface area contributed by atoms with E-state index in [1.165, 1.54) is 0 Å². The molecule has 1 aliphatic carbocycles. The van der Waals surface area contributed by atoms with Crippen LogP contribution in [0, 0.1) is 19.3 Å². The molecule has 31 heavy (non-hydrogen) atoms. The molecule has 1 aliphatic rings. The first kappa shape index (κ1) is 22.4. The largest absolute Gasteiger partial charge is 0.394 e. The fraction of sp³-hybridized carbons (Fsp3) is 0.522. The number of pyridine rings is 1. The van der Waals surface area contributed by atoms with Gasteiger partial charge in [0.2, 0.25) is 0 Å². The Hall–Kier alpha value is -1.80. The number of aromatic nitrogens is 3. The Labute approximate surface area is 188 Å². The van der Waals surface area contributed by atoms with E-state index in [1.54, 1.807) is 28.9 Å². The molecule has 4 rings (SSSR count). The van der Waals surface area contributed by atoms with Crippen LogP contribution in [-0.2, 0) is 12.8 Å². The summed E-state index contributed by atoms with van der Waals surface area (Å²) in [5, 5.41) is 4.04. The third-order valence-corrected chi connectivity index (χ3v) is 8.15. The van der Waals surface area contributed by atoms with E-state index < -0.39 is 11.6 Å². The van der Waals surface area contributed by atoms with E-state index in [4.69, 9.17) is 4.98 Å². The van der Waals surface area contributed by atoms with Gasteiger partial charge in [0, 0.05) is 23.7 Å². The van der Waals surface area contributed by atoms with Gasteiger partial charge in [0.1, 0.15) is 0 Å². The van der Waals surface area contributed by atoms with E-state index in [9.17, 15) is 13.2 Å². The maximum absolute atomic E-state index is 13.7. The minimum Gasteiger partial charge on any atom is -0.261 e. The van der Waals surface area contributed by atoms with Crippen molar-refractivity contribution in [1.82, 2.24) is 15.0 Å². The Morgan fingerprint density at radius 2 is 1.84 bits per heavy atom. The molecule has 0 saturated heterocycles. The zero-order chi connectivity index (χ0) is 22.1. The number of nitrogens with zero attached hydrogens (tertiary/aromatic N) is 3. The second-order valence-electron chi connectivity index (χ2n) is 8.45. The van der Waals surface area contributed by atoms with E-state index in [1.807, 2.05) is 31.4 Å². The summed E-state index contributed by atoms with van der Waals surface area (Å²) < 4.78 is 41.2. The summed E-state index contributed by atoms with van der Waals surface area (Å²) in [7, 11) is 0. The molecule has 0 spiro atoms. The smallest absolute Gasteiger partial charge is 0.261 e. The van der Waals surface area contributed by atoms with Gasteiger partial charge in [0.05, 0.1) is 31.7 Å². The van der Waals surface area contributed by atoms with Gasteiger partial charge in [-0.15, -0.1) is 22.7 Å². The molecule has 0 N–H and O–H groups in total. The van der Waals surface area contributed by atoms with Crippen molar-refractivity contribution < 1.29 is 13.2 Å². The van der Waals surface area contributed by atoms with Crippen LogP contribution in [-0.4, -0.2) is 21.1 Å². The predicted octanol–water partition coefficient (Wildman–Crippen LogP) is 7.31. The summed E-state index contributed by atoms with van der Waals surface area (Å²) in [4.78, 5) is 14.8. The van der Waals surface area contributed by atoms with Gasteiger partial charge in [-0.2, -0.15) is 13.2 Å². The average Bonchev–Trinajstić information content (AvgIpc) is 3.33. The molecule has 166 valence electrons. The topological polar surface area (TPSA) is 38.7 Å². The maximum Gasteiger partial charge on any atom is 0.394 e. The molecule has 0 aromatic carbocycles. The number of rotatable bonds is 6. The molecule has 3 heterocycles. The van der Waals surface area contributed by atoms with Gasteiger partial charge in [-0.3, -0.25) is 4.98 Å². The van der Waals surface area contributed by atoms with Crippen molar-refractivity contribution in [2.75, 3.05) is 0 Å². The highest BCUT2D eigenvalue weighted by atomic mass is 32.1. The SMILES string of the molecule is Cc1nc(C)c(-c2csc(Cc3ccc(CCC4(C(F)(F)F)CCCCC4)cn3)n2)s1. The van der Waals surface area contributed by atoms with Crippen molar-refractivity contribution in [1.29, 1.82) is 0 Å². The molecule has 1 saturated carbocycles. The Bertz CT molecular complexity index is 1020. The lowest BCUT2D eigenvalue weighted by molar-refractivity contribution is -0.236. The molecule has 0 radical (unpaired) electrons. The Balaban J connectivity index is 1.39. The van der Waals surface area contributed by atoms with Crippen molar-refractivity contribution in [2.24, 2.45) is 5.41 Å². The van der Waals surface area contributed by atoms with Crippen LogP contribution in [0.3, 0.4) is 0 Å². The lowest BCUT2D eigenvalue weighted by atomic mass is 9.70. The van der Waals surface area contributed by atoms with Crippen LogP contribution >= 0.6 is 22.7 Å². The first-order valence-corrected chi connectivity index (χ1v) is 12.3. The molecular weight excluding hydrogens is 439 g/mol. The zero-order valence-electron chi connectivity index (χ0n) is 17.8. The van der Waals surface area contributed by atoms with Gasteiger partial charge < -0.3 is 0 Å². The number of thiazole rings is 2. The second kappa shape index (κ2) is 8.98. The first-order valence-electron chi connectivity index (χ1n) is 10.7. The van der Waals surface area contributed by atoms with E-state index in [0.29, 0.717) is 25.7 Å². The van der Waals surface area contributed by atoms with Crippen LogP contribution in [0.25, 0.3) is 10.6 Å². The standard InChI is InChI=1S/C23H26F3N3S2/c1-15-21(31-16(2)28-15)19-14-30-20(29-19)12-18-7-6-17(13-27-18)8-11-22(23(24,25)26)9-4-3-5-10-22/h6-7,13-14H,3-5,8-12H2,1-2H3. The molecule has 0 atom stereocenters. The van der Waals surface area contributed by atoms with Crippen molar-refractivity contribution in [3.8, 4) is 10.6 Å². The van der Waals surface area contributed by atoms with Gasteiger partial charge in [0.25, 0.3) is 0 Å². The molecule has 8 heteroatoms. The monoisotopic (exact) mass is 465 g/mol. The van der Waals surface area contributed by atoms with E-state index in [0.717, 1.165) is 44.0 Å². The molecular formula is C23H26F3N3S2. The number of hydrogen-bond acceptors (Lipinski definition) is 5. The molecule has 0 aliphatic heterocycles. The third-order valence-electron chi connectivity index (χ3n) is 6.21. The van der Waals surface area contributed by atoms with Crippen LogP contribution in [0.4, 0.5) is 13.2 Å². The van der Waals surface area contributed by atoms with Crippen molar-refractivity contribution in [2.45, 2.75) is 71.4 Å². The molecule has 1 fully saturated rings. The van der Waals surface area contributed by atoms with E-state index in [2.05, 4.69) is 9.97 Å². The Morgan fingerprint density at radius 1 is 1.06 bits per heavy atom. The third kappa shape index (κ3) is 5.00. The Morgan fingerprint density at radius 3 is 2.45 bits per heavy atom. The lowest BCUT2D eigenvalue weighted by Gasteiger charge is -2.39. The van der Waals surface area contributed by atoms with Crippen LogP contribution in [0.1, 0.15) is 65.5 Å². The highest BCUT2D eigenvalue weighted by molar-refractivity contribution is 7.15. The van der Waals surface area contributed by atoms with Gasteiger partial charge in [0.15, 0.2) is 0 Å². The molecule has 0 bridgehead atoms. The lowest BCUT2D eigenvalue weighted by Crippen LogP contribution is -2.40. The van der Waals surface area contributed by atoms with Gasteiger partial charge in [-0.05, 0) is 51.2 Å². The van der Waals surface area contributed by atoms with Crippen molar-refractivity contribution in [3.05, 3.63) is 50.7 Å². The van der Waals surface area contributed by atoms with Crippen molar-refractivity contribution in [3.63, 3.8) is 0 Å². The van der Waals surface area contributed by atoms with Crippen molar-refractivity contribution >= 4 is 22.7 Å². The van der Waals surface area contributed by atoms with Gasteiger partial charge in [-0.1, -0.05) is 25.3 Å². The molecule has 0 unspecified atom stereocenters. The fourth-order valence-electron chi connectivity index (χ4n) is 4.42. The summed E-state index contributed by atoms with van der Waals surface area (Å²) in [5.41, 5.74) is 2.17. The van der Waals surface area contributed by atoms with Crippen LogP contribution in [0.2, 0.25) is 0 Å². The van der Waals surface area contributed by atoms with Gasteiger partial charge in [-0.25, -0.2) is 9.97 Å². The van der Waals surface area contributed by atoms with E-state index >= 15 is 0 Å². The summed E-state index contributed by atoms with van der Waals surface area (Å²) in [6.45, 7) is 3.99. The fourth-order valence-corrected chi connectivity index (χ4v) is 6.17. The summed E-state index contributed by atoms with van der Waals surface area (Å²) >= 11 is 3.24. The molecule has 0 amide bonds. The highest BCUT2D eigenvalue weighted by Crippen LogP contribution is 2.51. The highest BCUT2D eigenvalue weighted by Gasteiger charge is 2.53. The summed E-state index contributed by atoms with van der Waals surface area (Å²) in [6.07, 6.45) is 1.56. The quantitative estimate of drug-likeness (QED) is 0.383. The second-order valence-corrected chi connectivity index (χ2v) is 10.6. The van der Waals surface area contributed by atoms with Gasteiger partial charge >= 0.3 is 6.18 Å².